The first-order valence-electron chi connectivity index (χ1n) is 9.71. The zero-order chi connectivity index (χ0) is 17.0. The van der Waals surface area contributed by atoms with Gasteiger partial charge in [-0.15, -0.1) is 23.7 Å². The fourth-order valence-corrected chi connectivity index (χ4v) is 2.52. The van der Waals surface area contributed by atoms with Crippen molar-refractivity contribution < 1.29 is 4.74 Å². The largest absolute Gasteiger partial charge is 0.385 e. The molecule has 0 aliphatic carbocycles. The quantitative estimate of drug-likeness (QED) is 0.283. The van der Waals surface area contributed by atoms with Crippen LogP contribution < -0.4 is 0 Å². The first-order valence-corrected chi connectivity index (χ1v) is 9.71. The molecule has 0 amide bonds. The van der Waals surface area contributed by atoms with Crippen molar-refractivity contribution >= 4 is 0 Å². The normalized spacial score (nSPS) is 11.3. The van der Waals surface area contributed by atoms with Crippen LogP contribution in [0, 0.1) is 29.6 Å². The predicted octanol–water partition coefficient (Wildman–Crippen LogP) is 6.37. The molecular formula is C22H38O. The Labute approximate surface area is 146 Å². The molecule has 1 atom stereocenters. The minimum Gasteiger partial charge on any atom is -0.385 e. The maximum atomic E-state index is 5.02. The lowest BCUT2D eigenvalue weighted by atomic mass is 10.0. The van der Waals surface area contributed by atoms with Crippen molar-refractivity contribution in [3.63, 3.8) is 0 Å². The van der Waals surface area contributed by atoms with Crippen molar-refractivity contribution in [3.05, 3.63) is 0 Å². The third-order valence-electron chi connectivity index (χ3n) is 3.99. The lowest BCUT2D eigenvalue weighted by molar-refractivity contribution is 0.193. The van der Waals surface area contributed by atoms with Gasteiger partial charge in [-0.1, -0.05) is 46.0 Å². The van der Waals surface area contributed by atoms with Crippen molar-refractivity contribution in [2.24, 2.45) is 5.92 Å². The number of ether oxygens (including phenoxy) is 1. The van der Waals surface area contributed by atoms with Crippen LogP contribution in [-0.2, 0) is 4.74 Å². The van der Waals surface area contributed by atoms with Crippen molar-refractivity contribution in [2.45, 2.75) is 97.3 Å². The Morgan fingerprint density at radius 2 is 1.26 bits per heavy atom. The molecule has 0 radical (unpaired) electrons. The Balaban J connectivity index is 3.25. The Hall–Kier alpha value is -0.920. The summed E-state index contributed by atoms with van der Waals surface area (Å²) in [6.07, 6.45) is 15.6. The molecule has 0 fully saturated rings. The van der Waals surface area contributed by atoms with E-state index in [1.807, 2.05) is 0 Å². The molecule has 0 saturated heterocycles. The first kappa shape index (κ1) is 22.1. The van der Waals surface area contributed by atoms with Crippen molar-refractivity contribution in [1.82, 2.24) is 0 Å². The molecule has 1 nitrogen and oxygen atoms in total. The molecule has 23 heavy (non-hydrogen) atoms. The topological polar surface area (TPSA) is 9.23 Å². The molecule has 132 valence electrons. The van der Waals surface area contributed by atoms with Crippen LogP contribution in [0.1, 0.15) is 97.3 Å². The second-order valence-corrected chi connectivity index (χ2v) is 6.52. The average Bonchev–Trinajstić information content (AvgIpc) is 2.54. The molecule has 0 aromatic carbocycles. The average molecular weight is 319 g/mol. The summed E-state index contributed by atoms with van der Waals surface area (Å²) in [6, 6.07) is 0. The zero-order valence-electron chi connectivity index (χ0n) is 15.9. The molecule has 1 unspecified atom stereocenters. The van der Waals surface area contributed by atoms with Gasteiger partial charge in [-0.25, -0.2) is 0 Å². The Kier molecular flexibility index (Phi) is 18.4. The minimum atomic E-state index is 0.772. The van der Waals surface area contributed by atoms with Gasteiger partial charge < -0.3 is 4.74 Å². The molecule has 1 heteroatoms. The van der Waals surface area contributed by atoms with Crippen molar-refractivity contribution in [2.75, 3.05) is 13.7 Å². The first-order chi connectivity index (χ1) is 11.3. The highest BCUT2D eigenvalue weighted by atomic mass is 16.5. The van der Waals surface area contributed by atoms with Gasteiger partial charge in [0.15, 0.2) is 0 Å². The van der Waals surface area contributed by atoms with E-state index in [2.05, 4.69) is 37.5 Å². The fraction of sp³-hybridized carbons (Fsp3) is 0.818. The SMILES string of the molecule is CCCC(C)CC#CCCCCCCCC#CCCCCOC. The molecule has 0 aromatic heterocycles. The smallest absolute Gasteiger partial charge is 0.0462 e. The van der Waals surface area contributed by atoms with Gasteiger partial charge >= 0.3 is 0 Å². The summed E-state index contributed by atoms with van der Waals surface area (Å²) >= 11 is 0. The van der Waals surface area contributed by atoms with E-state index in [9.17, 15) is 0 Å². The number of hydrogen-bond acceptors (Lipinski definition) is 1. The van der Waals surface area contributed by atoms with E-state index in [0.29, 0.717) is 0 Å². The van der Waals surface area contributed by atoms with Crippen LogP contribution in [0.25, 0.3) is 0 Å². The lowest BCUT2D eigenvalue weighted by Crippen LogP contribution is -1.90. The van der Waals surface area contributed by atoms with Crippen LogP contribution >= 0.6 is 0 Å². The van der Waals surface area contributed by atoms with E-state index in [-0.39, 0.29) is 0 Å². The van der Waals surface area contributed by atoms with Gasteiger partial charge in [0.2, 0.25) is 0 Å². The van der Waals surface area contributed by atoms with E-state index >= 15 is 0 Å². The summed E-state index contributed by atoms with van der Waals surface area (Å²) in [5, 5.41) is 0. The van der Waals surface area contributed by atoms with Gasteiger partial charge in [0.1, 0.15) is 0 Å². The summed E-state index contributed by atoms with van der Waals surface area (Å²) < 4.78 is 5.02. The monoisotopic (exact) mass is 318 g/mol. The summed E-state index contributed by atoms with van der Waals surface area (Å²) in [7, 11) is 1.76. The van der Waals surface area contributed by atoms with Crippen LogP contribution in [0.3, 0.4) is 0 Å². The second-order valence-electron chi connectivity index (χ2n) is 6.52. The molecule has 0 N–H and O–H groups in total. The van der Waals surface area contributed by atoms with E-state index in [0.717, 1.165) is 44.6 Å². The van der Waals surface area contributed by atoms with Crippen LogP contribution in [-0.4, -0.2) is 13.7 Å². The van der Waals surface area contributed by atoms with Crippen LogP contribution in [0.15, 0.2) is 0 Å². The summed E-state index contributed by atoms with van der Waals surface area (Å²) in [5.41, 5.74) is 0. The van der Waals surface area contributed by atoms with E-state index < -0.39 is 0 Å². The fourth-order valence-electron chi connectivity index (χ4n) is 2.52. The van der Waals surface area contributed by atoms with Gasteiger partial charge in [-0.05, 0) is 31.6 Å². The number of rotatable bonds is 13. The van der Waals surface area contributed by atoms with Gasteiger partial charge in [-0.3, -0.25) is 0 Å². The van der Waals surface area contributed by atoms with E-state index in [1.54, 1.807) is 7.11 Å². The highest BCUT2D eigenvalue weighted by Crippen LogP contribution is 2.09. The van der Waals surface area contributed by atoms with Crippen LogP contribution in [0.5, 0.6) is 0 Å². The molecule has 0 rings (SSSR count). The van der Waals surface area contributed by atoms with E-state index in [4.69, 9.17) is 4.74 Å². The lowest BCUT2D eigenvalue weighted by Gasteiger charge is -2.02. The highest BCUT2D eigenvalue weighted by Gasteiger charge is 1.96. The standard InChI is InChI=1S/C22H38O/c1-4-19-22(2)20-17-15-13-11-9-7-5-6-8-10-12-14-16-18-21-23-3/h22H,4-9,11,13-14,16,18-21H2,1-3H3. The summed E-state index contributed by atoms with van der Waals surface area (Å²) in [4.78, 5) is 0. The minimum absolute atomic E-state index is 0.772. The van der Waals surface area contributed by atoms with E-state index in [1.165, 1.54) is 51.4 Å². The molecule has 0 aliphatic heterocycles. The van der Waals surface area contributed by atoms with Gasteiger partial charge in [0.25, 0.3) is 0 Å². The molecule has 0 spiro atoms. The molecular weight excluding hydrogens is 280 g/mol. The van der Waals surface area contributed by atoms with Crippen LogP contribution in [0.4, 0.5) is 0 Å². The van der Waals surface area contributed by atoms with Crippen molar-refractivity contribution in [3.8, 4) is 23.7 Å². The molecule has 0 saturated carbocycles. The summed E-state index contributed by atoms with van der Waals surface area (Å²) in [5.74, 6) is 14.0. The Bertz CT molecular complexity index is 350. The van der Waals surface area contributed by atoms with Gasteiger partial charge in [0, 0.05) is 39.4 Å². The maximum absolute atomic E-state index is 5.02. The molecule has 0 aliphatic rings. The van der Waals surface area contributed by atoms with Crippen molar-refractivity contribution in [1.29, 1.82) is 0 Å². The number of hydrogen-bond donors (Lipinski definition) is 0. The third-order valence-corrected chi connectivity index (χ3v) is 3.99. The zero-order valence-corrected chi connectivity index (χ0v) is 15.9. The van der Waals surface area contributed by atoms with Gasteiger partial charge in [0.05, 0.1) is 0 Å². The Morgan fingerprint density at radius 1 is 0.739 bits per heavy atom. The third kappa shape index (κ3) is 19.0. The predicted molar refractivity (Wildman–Crippen MR) is 102 cm³/mol. The molecule has 0 aromatic rings. The Morgan fingerprint density at radius 3 is 1.83 bits per heavy atom. The number of methoxy groups -OCH3 is 1. The molecule has 0 heterocycles. The summed E-state index contributed by atoms with van der Waals surface area (Å²) in [6.45, 7) is 5.42. The number of unbranched alkanes of at least 4 members (excludes halogenated alkanes) is 8. The highest BCUT2D eigenvalue weighted by molar-refractivity contribution is 4.99. The maximum Gasteiger partial charge on any atom is 0.0462 e. The second kappa shape index (κ2) is 19.1. The van der Waals surface area contributed by atoms with Crippen LogP contribution in [0.2, 0.25) is 0 Å². The molecule has 0 bridgehead atoms. The van der Waals surface area contributed by atoms with Gasteiger partial charge in [-0.2, -0.15) is 0 Å².